The summed E-state index contributed by atoms with van der Waals surface area (Å²) in [6, 6.07) is 3.57. The number of nitrogens with zero attached hydrogens (tertiary/aromatic N) is 1. The molecule has 0 aliphatic rings. The summed E-state index contributed by atoms with van der Waals surface area (Å²) in [5.41, 5.74) is -0.781. The molecule has 18 heavy (non-hydrogen) atoms. The molecule has 5 heteroatoms. The fraction of sp³-hybridized carbons (Fsp3) is 0.462. The van der Waals surface area contributed by atoms with E-state index in [4.69, 9.17) is 5.26 Å². The van der Waals surface area contributed by atoms with Crippen molar-refractivity contribution in [2.45, 2.75) is 26.9 Å². The van der Waals surface area contributed by atoms with Gasteiger partial charge in [-0.05, 0) is 17.5 Å². The number of benzene rings is 1. The topological polar surface area (TPSA) is 56.0 Å². The summed E-state index contributed by atoms with van der Waals surface area (Å²) in [7, 11) is 0. The average Bonchev–Trinajstić information content (AvgIpc) is 2.25. The van der Waals surface area contributed by atoms with Crippen LogP contribution >= 0.6 is 0 Å². The molecule has 0 aliphatic heterocycles. The Balaban J connectivity index is 2.84. The van der Waals surface area contributed by atoms with Gasteiger partial charge in [-0.15, -0.1) is 0 Å². The maximum absolute atomic E-state index is 13.5. The van der Waals surface area contributed by atoms with Crippen LogP contribution in [0, 0.1) is 28.4 Å². The highest BCUT2D eigenvalue weighted by atomic mass is 19.1. The van der Waals surface area contributed by atoms with E-state index in [2.05, 4.69) is 5.32 Å². The van der Waals surface area contributed by atoms with E-state index in [1.807, 2.05) is 20.8 Å². The van der Waals surface area contributed by atoms with Crippen molar-refractivity contribution < 1.29 is 13.9 Å². The Bertz CT molecular complexity index is 452. The highest BCUT2D eigenvalue weighted by Gasteiger charge is 2.22. The molecule has 0 amide bonds. The van der Waals surface area contributed by atoms with Crippen LogP contribution in [0.25, 0.3) is 0 Å². The lowest BCUT2D eigenvalue weighted by Crippen LogP contribution is -2.33. The van der Waals surface area contributed by atoms with E-state index < -0.39 is 17.7 Å². The van der Waals surface area contributed by atoms with E-state index in [9.17, 15) is 13.9 Å². The van der Waals surface area contributed by atoms with E-state index in [-0.39, 0.29) is 23.2 Å². The van der Waals surface area contributed by atoms with Crippen molar-refractivity contribution in [3.8, 4) is 6.07 Å². The number of rotatable bonds is 3. The highest BCUT2D eigenvalue weighted by Crippen LogP contribution is 2.23. The van der Waals surface area contributed by atoms with Crippen molar-refractivity contribution >= 4 is 5.69 Å². The first kappa shape index (κ1) is 14.4. The number of halogens is 2. The number of aliphatic hydroxyl groups is 1. The molecule has 98 valence electrons. The second kappa shape index (κ2) is 5.32. The number of nitrogens with one attached hydrogen (secondary N) is 1. The average molecular weight is 254 g/mol. The van der Waals surface area contributed by atoms with Gasteiger partial charge >= 0.3 is 0 Å². The normalized spacial score (nSPS) is 12.9. The monoisotopic (exact) mass is 254 g/mol. The molecule has 1 aromatic rings. The minimum atomic E-state index is -0.840. The lowest BCUT2D eigenvalue weighted by atomic mass is 9.89. The summed E-state index contributed by atoms with van der Waals surface area (Å²) >= 11 is 0. The smallest absolute Gasteiger partial charge is 0.150 e. The second-order valence-corrected chi connectivity index (χ2v) is 5.19. The molecule has 0 aromatic heterocycles. The molecule has 0 heterocycles. The molecule has 0 aliphatic carbocycles. The van der Waals surface area contributed by atoms with Crippen LogP contribution in [0.2, 0.25) is 0 Å². The zero-order chi connectivity index (χ0) is 13.9. The fourth-order valence-corrected chi connectivity index (χ4v) is 1.31. The molecule has 0 radical (unpaired) electrons. The third kappa shape index (κ3) is 3.41. The zero-order valence-corrected chi connectivity index (χ0v) is 10.6. The van der Waals surface area contributed by atoms with E-state index >= 15 is 0 Å². The quantitative estimate of drug-likeness (QED) is 0.871. The molecule has 0 fully saturated rings. The van der Waals surface area contributed by atoms with Gasteiger partial charge in [-0.1, -0.05) is 20.8 Å². The number of anilines is 1. The van der Waals surface area contributed by atoms with Gasteiger partial charge in [0.25, 0.3) is 0 Å². The van der Waals surface area contributed by atoms with E-state index in [1.54, 1.807) is 6.07 Å². The van der Waals surface area contributed by atoms with Gasteiger partial charge < -0.3 is 10.4 Å². The Kier molecular flexibility index (Phi) is 4.25. The third-order valence-corrected chi connectivity index (χ3v) is 2.64. The molecule has 0 spiro atoms. The van der Waals surface area contributed by atoms with Gasteiger partial charge in [0, 0.05) is 6.54 Å². The van der Waals surface area contributed by atoms with Crippen LogP contribution in [0.15, 0.2) is 12.1 Å². The number of hydrogen-bond donors (Lipinski definition) is 2. The molecule has 0 saturated heterocycles. The first-order valence-corrected chi connectivity index (χ1v) is 5.56. The summed E-state index contributed by atoms with van der Waals surface area (Å²) in [5.74, 6) is -1.68. The maximum atomic E-state index is 13.5. The lowest BCUT2D eigenvalue weighted by molar-refractivity contribution is 0.0744. The highest BCUT2D eigenvalue weighted by molar-refractivity contribution is 5.50. The maximum Gasteiger partial charge on any atom is 0.150 e. The van der Waals surface area contributed by atoms with Gasteiger partial charge in [0.15, 0.2) is 11.6 Å². The first-order chi connectivity index (χ1) is 8.25. The summed E-state index contributed by atoms with van der Waals surface area (Å²) in [6.07, 6.45) is -0.744. The minimum Gasteiger partial charge on any atom is -0.391 e. The predicted octanol–water partition coefficient (Wildman–Crippen LogP) is 2.66. The van der Waals surface area contributed by atoms with Crippen molar-refractivity contribution in [3.63, 3.8) is 0 Å². The minimum absolute atomic E-state index is 0.0310. The Hall–Kier alpha value is -1.67. The Morgan fingerprint density at radius 3 is 2.22 bits per heavy atom. The van der Waals surface area contributed by atoms with Crippen LogP contribution in [0.3, 0.4) is 0 Å². The molecule has 1 rings (SSSR count). The van der Waals surface area contributed by atoms with Gasteiger partial charge in [-0.25, -0.2) is 8.78 Å². The molecule has 1 aromatic carbocycles. The third-order valence-electron chi connectivity index (χ3n) is 2.64. The van der Waals surface area contributed by atoms with Crippen molar-refractivity contribution in [3.05, 3.63) is 29.3 Å². The number of hydrogen-bond acceptors (Lipinski definition) is 3. The van der Waals surface area contributed by atoms with Crippen LogP contribution in [-0.4, -0.2) is 17.8 Å². The summed E-state index contributed by atoms with van der Waals surface area (Å²) in [5, 5.41) is 20.9. The van der Waals surface area contributed by atoms with Gasteiger partial charge in [0.05, 0.1) is 17.7 Å². The number of nitriles is 1. The molecule has 2 N–H and O–H groups in total. The molecular formula is C13H16F2N2O. The van der Waals surface area contributed by atoms with Crippen molar-refractivity contribution in [2.24, 2.45) is 5.41 Å². The van der Waals surface area contributed by atoms with Crippen LogP contribution in [0.5, 0.6) is 0 Å². The van der Waals surface area contributed by atoms with E-state index in [0.29, 0.717) is 0 Å². The molecule has 1 unspecified atom stereocenters. The zero-order valence-electron chi connectivity index (χ0n) is 10.6. The van der Waals surface area contributed by atoms with E-state index in [1.165, 1.54) is 0 Å². The van der Waals surface area contributed by atoms with Gasteiger partial charge in [0.2, 0.25) is 0 Å². The number of aliphatic hydroxyl groups excluding tert-OH is 1. The molecule has 1 atom stereocenters. The Morgan fingerprint density at radius 2 is 1.83 bits per heavy atom. The Labute approximate surface area is 105 Å². The largest absolute Gasteiger partial charge is 0.391 e. The molecular weight excluding hydrogens is 238 g/mol. The molecule has 3 nitrogen and oxygen atoms in total. The van der Waals surface area contributed by atoms with E-state index in [0.717, 1.165) is 12.1 Å². The fourth-order valence-electron chi connectivity index (χ4n) is 1.31. The van der Waals surface area contributed by atoms with Crippen LogP contribution in [0.4, 0.5) is 14.5 Å². The lowest BCUT2D eigenvalue weighted by Gasteiger charge is -2.26. The summed E-state index contributed by atoms with van der Waals surface area (Å²) in [6.45, 7) is 5.50. The van der Waals surface area contributed by atoms with Crippen LogP contribution < -0.4 is 5.32 Å². The summed E-state index contributed by atoms with van der Waals surface area (Å²) < 4.78 is 27.0. The van der Waals surface area contributed by atoms with Crippen LogP contribution in [0.1, 0.15) is 26.3 Å². The van der Waals surface area contributed by atoms with Gasteiger partial charge in [-0.2, -0.15) is 5.26 Å². The van der Waals surface area contributed by atoms with Crippen molar-refractivity contribution in [1.29, 1.82) is 5.26 Å². The second-order valence-electron chi connectivity index (χ2n) is 5.19. The van der Waals surface area contributed by atoms with Crippen molar-refractivity contribution in [2.75, 3.05) is 11.9 Å². The molecule has 0 bridgehead atoms. The SMILES string of the molecule is CC(C)(C)C(O)CNc1c(F)cc(C#N)cc1F. The Morgan fingerprint density at radius 1 is 1.33 bits per heavy atom. The first-order valence-electron chi connectivity index (χ1n) is 5.56. The van der Waals surface area contributed by atoms with Gasteiger partial charge in [0.1, 0.15) is 5.69 Å². The van der Waals surface area contributed by atoms with Gasteiger partial charge in [-0.3, -0.25) is 0 Å². The van der Waals surface area contributed by atoms with Crippen LogP contribution in [-0.2, 0) is 0 Å². The predicted molar refractivity (Wildman–Crippen MR) is 65.0 cm³/mol. The molecule has 0 saturated carbocycles. The van der Waals surface area contributed by atoms with Crippen molar-refractivity contribution in [1.82, 2.24) is 0 Å². The summed E-state index contributed by atoms with van der Waals surface area (Å²) in [4.78, 5) is 0. The standard InChI is InChI=1S/C13H16F2N2O/c1-13(2,3)11(18)7-17-12-9(14)4-8(6-16)5-10(12)15/h4-5,11,17-18H,7H2,1-3H3.